The van der Waals surface area contributed by atoms with E-state index in [1.807, 2.05) is 13.0 Å². The number of rotatable bonds is 1. The van der Waals surface area contributed by atoms with Crippen molar-refractivity contribution < 1.29 is 4.39 Å². The van der Waals surface area contributed by atoms with Crippen LogP contribution in [0, 0.1) is 5.82 Å². The van der Waals surface area contributed by atoms with E-state index in [9.17, 15) is 4.39 Å². The van der Waals surface area contributed by atoms with Crippen LogP contribution in [0.2, 0.25) is 5.15 Å². The van der Waals surface area contributed by atoms with Crippen LogP contribution < -0.4 is 0 Å². The van der Waals surface area contributed by atoms with Gasteiger partial charge in [0.05, 0.1) is 5.52 Å². The predicted octanol–water partition coefficient (Wildman–Crippen LogP) is 3.59. The fraction of sp³-hybridized carbons (Fsp3) is 0.182. The van der Waals surface area contributed by atoms with Gasteiger partial charge in [0.2, 0.25) is 0 Å². The SMILES string of the molecule is CCc1cc2cc(F)ccc2nc1Cl. The first-order chi connectivity index (χ1) is 6.70. The lowest BCUT2D eigenvalue weighted by Gasteiger charge is -2.03. The summed E-state index contributed by atoms with van der Waals surface area (Å²) in [5.41, 5.74) is 1.68. The van der Waals surface area contributed by atoms with E-state index in [-0.39, 0.29) is 5.82 Å². The first-order valence-electron chi connectivity index (χ1n) is 4.45. The second-order valence-corrected chi connectivity index (χ2v) is 3.49. The van der Waals surface area contributed by atoms with Gasteiger partial charge in [0, 0.05) is 5.39 Å². The van der Waals surface area contributed by atoms with Gasteiger partial charge in [0.1, 0.15) is 11.0 Å². The molecule has 0 unspecified atom stereocenters. The number of nitrogens with zero attached hydrogens (tertiary/aromatic N) is 1. The summed E-state index contributed by atoms with van der Waals surface area (Å²) in [6.07, 6.45) is 0.804. The Morgan fingerprint density at radius 1 is 1.36 bits per heavy atom. The van der Waals surface area contributed by atoms with Gasteiger partial charge in [-0.2, -0.15) is 0 Å². The summed E-state index contributed by atoms with van der Waals surface area (Å²) in [6, 6.07) is 6.37. The number of fused-ring (bicyclic) bond motifs is 1. The van der Waals surface area contributed by atoms with Gasteiger partial charge in [0.25, 0.3) is 0 Å². The zero-order chi connectivity index (χ0) is 10.1. The molecular weight excluding hydrogens is 201 g/mol. The first kappa shape index (κ1) is 9.41. The molecule has 2 rings (SSSR count). The molecular formula is C11H9ClFN. The Hall–Kier alpha value is -1.15. The molecule has 0 aliphatic heterocycles. The summed E-state index contributed by atoms with van der Waals surface area (Å²) in [6.45, 7) is 1.99. The zero-order valence-electron chi connectivity index (χ0n) is 7.72. The molecule has 0 N–H and O–H groups in total. The van der Waals surface area contributed by atoms with E-state index in [4.69, 9.17) is 11.6 Å². The fourth-order valence-electron chi connectivity index (χ4n) is 1.42. The highest BCUT2D eigenvalue weighted by molar-refractivity contribution is 6.30. The van der Waals surface area contributed by atoms with E-state index in [0.717, 1.165) is 22.9 Å². The van der Waals surface area contributed by atoms with Gasteiger partial charge in [-0.05, 0) is 36.2 Å². The van der Waals surface area contributed by atoms with Crippen LogP contribution in [0.25, 0.3) is 10.9 Å². The van der Waals surface area contributed by atoms with Crippen molar-refractivity contribution in [2.75, 3.05) is 0 Å². The predicted molar refractivity (Wildman–Crippen MR) is 56.1 cm³/mol. The number of aryl methyl sites for hydroxylation is 1. The fourth-order valence-corrected chi connectivity index (χ4v) is 1.69. The van der Waals surface area contributed by atoms with Gasteiger partial charge >= 0.3 is 0 Å². The van der Waals surface area contributed by atoms with Crippen LogP contribution in [0.3, 0.4) is 0 Å². The van der Waals surface area contributed by atoms with Crippen LogP contribution in [0.1, 0.15) is 12.5 Å². The molecule has 2 aromatic rings. The van der Waals surface area contributed by atoms with Gasteiger partial charge in [-0.1, -0.05) is 18.5 Å². The Morgan fingerprint density at radius 2 is 2.14 bits per heavy atom. The van der Waals surface area contributed by atoms with E-state index in [0.29, 0.717) is 5.15 Å². The van der Waals surface area contributed by atoms with Crippen molar-refractivity contribution in [2.24, 2.45) is 0 Å². The molecule has 0 radical (unpaired) electrons. The molecule has 0 saturated heterocycles. The average Bonchev–Trinajstić information content (AvgIpc) is 2.17. The van der Waals surface area contributed by atoms with Crippen molar-refractivity contribution in [3.8, 4) is 0 Å². The third kappa shape index (κ3) is 1.58. The van der Waals surface area contributed by atoms with Gasteiger partial charge < -0.3 is 0 Å². The largest absolute Gasteiger partial charge is 0.236 e. The van der Waals surface area contributed by atoms with E-state index in [1.54, 1.807) is 6.07 Å². The highest BCUT2D eigenvalue weighted by Crippen LogP contribution is 2.21. The third-order valence-corrected chi connectivity index (χ3v) is 2.51. The molecule has 0 bridgehead atoms. The number of halogens is 2. The second kappa shape index (κ2) is 3.54. The van der Waals surface area contributed by atoms with Crippen LogP contribution in [-0.4, -0.2) is 4.98 Å². The highest BCUT2D eigenvalue weighted by atomic mass is 35.5. The van der Waals surface area contributed by atoms with Crippen molar-refractivity contribution in [3.05, 3.63) is 40.8 Å². The number of hydrogen-bond donors (Lipinski definition) is 0. The summed E-state index contributed by atoms with van der Waals surface area (Å²) in [7, 11) is 0. The van der Waals surface area contributed by atoms with Crippen LogP contribution in [-0.2, 0) is 6.42 Å². The molecule has 1 aromatic carbocycles. The summed E-state index contributed by atoms with van der Waals surface area (Å²) in [5, 5.41) is 1.30. The van der Waals surface area contributed by atoms with Crippen molar-refractivity contribution in [1.82, 2.24) is 4.98 Å². The molecule has 72 valence electrons. The van der Waals surface area contributed by atoms with Crippen molar-refractivity contribution in [3.63, 3.8) is 0 Å². The minimum atomic E-state index is -0.247. The molecule has 1 heterocycles. The molecule has 0 amide bonds. The van der Waals surface area contributed by atoms with Gasteiger partial charge in [-0.3, -0.25) is 0 Å². The maximum absolute atomic E-state index is 12.9. The molecule has 0 spiro atoms. The Kier molecular flexibility index (Phi) is 2.38. The summed E-state index contributed by atoms with van der Waals surface area (Å²) in [4.78, 5) is 4.19. The second-order valence-electron chi connectivity index (χ2n) is 3.13. The molecule has 0 aliphatic carbocycles. The van der Waals surface area contributed by atoms with E-state index < -0.39 is 0 Å². The number of pyridine rings is 1. The molecule has 0 saturated carbocycles. The molecule has 0 aliphatic rings. The van der Waals surface area contributed by atoms with Gasteiger partial charge in [-0.25, -0.2) is 9.37 Å². The first-order valence-corrected chi connectivity index (χ1v) is 4.83. The van der Waals surface area contributed by atoms with Crippen LogP contribution in [0.5, 0.6) is 0 Å². The van der Waals surface area contributed by atoms with E-state index >= 15 is 0 Å². The Morgan fingerprint density at radius 3 is 2.86 bits per heavy atom. The van der Waals surface area contributed by atoms with Gasteiger partial charge in [-0.15, -0.1) is 0 Å². The van der Waals surface area contributed by atoms with Gasteiger partial charge in [0.15, 0.2) is 0 Å². The Balaban J connectivity index is 2.73. The average molecular weight is 210 g/mol. The zero-order valence-corrected chi connectivity index (χ0v) is 8.48. The lowest BCUT2D eigenvalue weighted by Crippen LogP contribution is -1.88. The molecule has 1 nitrogen and oxygen atoms in total. The molecule has 1 aromatic heterocycles. The standard InChI is InChI=1S/C11H9ClFN/c1-2-7-5-8-6-9(13)3-4-10(8)14-11(7)12/h3-6H,2H2,1H3. The van der Waals surface area contributed by atoms with Crippen molar-refractivity contribution >= 4 is 22.5 Å². The molecule has 0 fully saturated rings. The monoisotopic (exact) mass is 209 g/mol. The normalized spacial score (nSPS) is 10.8. The number of aromatic nitrogens is 1. The number of benzene rings is 1. The number of hydrogen-bond acceptors (Lipinski definition) is 1. The van der Waals surface area contributed by atoms with E-state index in [1.165, 1.54) is 12.1 Å². The summed E-state index contributed by atoms with van der Waals surface area (Å²) >= 11 is 5.94. The minimum absolute atomic E-state index is 0.247. The topological polar surface area (TPSA) is 12.9 Å². The maximum atomic E-state index is 12.9. The molecule has 3 heteroatoms. The van der Waals surface area contributed by atoms with Crippen LogP contribution in [0.15, 0.2) is 24.3 Å². The quantitative estimate of drug-likeness (QED) is 0.654. The Labute approximate surface area is 86.5 Å². The Bertz CT molecular complexity index is 482. The van der Waals surface area contributed by atoms with Crippen molar-refractivity contribution in [2.45, 2.75) is 13.3 Å². The smallest absolute Gasteiger partial charge is 0.132 e. The summed E-state index contributed by atoms with van der Waals surface area (Å²) < 4.78 is 12.9. The van der Waals surface area contributed by atoms with Crippen LogP contribution in [0.4, 0.5) is 4.39 Å². The van der Waals surface area contributed by atoms with Crippen molar-refractivity contribution in [1.29, 1.82) is 0 Å². The summed E-state index contributed by atoms with van der Waals surface area (Å²) in [5.74, 6) is -0.247. The van der Waals surface area contributed by atoms with E-state index in [2.05, 4.69) is 4.98 Å². The molecule has 14 heavy (non-hydrogen) atoms. The lowest BCUT2D eigenvalue weighted by molar-refractivity contribution is 0.629. The van der Waals surface area contributed by atoms with Crippen LogP contribution >= 0.6 is 11.6 Å². The third-order valence-electron chi connectivity index (χ3n) is 2.18. The maximum Gasteiger partial charge on any atom is 0.132 e. The molecule has 0 atom stereocenters. The minimum Gasteiger partial charge on any atom is -0.236 e. The highest BCUT2D eigenvalue weighted by Gasteiger charge is 2.03. The lowest BCUT2D eigenvalue weighted by atomic mass is 10.1.